The molecule has 2 heterocycles. The van der Waals surface area contributed by atoms with Crippen molar-refractivity contribution in [1.29, 1.82) is 0 Å². The third-order valence-corrected chi connectivity index (χ3v) is 12.2. The van der Waals surface area contributed by atoms with Gasteiger partial charge in [0, 0.05) is 44.3 Å². The molecule has 0 spiro atoms. The Kier molecular flexibility index (Phi) is 7.14. The van der Waals surface area contributed by atoms with E-state index in [0.29, 0.717) is 0 Å². The van der Waals surface area contributed by atoms with Crippen molar-refractivity contribution in [3.05, 3.63) is 241 Å². The molecule has 0 fully saturated rings. The van der Waals surface area contributed by atoms with Gasteiger partial charge in [0.2, 0.25) is 0 Å². The molecule has 2 aromatic heterocycles. The lowest BCUT2D eigenvalue weighted by Gasteiger charge is -2.34. The van der Waals surface area contributed by atoms with Crippen LogP contribution in [0.25, 0.3) is 60.6 Å². The Morgan fingerprint density at radius 3 is 1.69 bits per heavy atom. The maximum Gasteiger partial charge on any atom is 0.135 e. The van der Waals surface area contributed by atoms with Crippen LogP contribution in [0.5, 0.6) is 0 Å². The van der Waals surface area contributed by atoms with Gasteiger partial charge in [-0.15, -0.1) is 0 Å². The van der Waals surface area contributed by atoms with Crippen LogP contribution in [0.2, 0.25) is 0 Å². The zero-order chi connectivity index (χ0) is 38.2. The van der Waals surface area contributed by atoms with E-state index < -0.39 is 5.41 Å². The van der Waals surface area contributed by atoms with Gasteiger partial charge in [0.05, 0.1) is 16.4 Å². The molecule has 12 rings (SSSR count). The second-order valence-electron chi connectivity index (χ2n) is 15.2. The first-order chi connectivity index (χ1) is 28.8. The van der Waals surface area contributed by atoms with Crippen molar-refractivity contribution in [2.75, 3.05) is 4.90 Å². The molecule has 0 saturated heterocycles. The Morgan fingerprint density at radius 1 is 0.379 bits per heavy atom. The second-order valence-corrected chi connectivity index (χ2v) is 15.2. The molecule has 0 aliphatic heterocycles. The fourth-order valence-electron chi connectivity index (χ4n) is 9.93. The number of rotatable bonds is 6. The number of furan rings is 1. The molecule has 0 radical (unpaired) electrons. The first kappa shape index (κ1) is 32.6. The summed E-state index contributed by atoms with van der Waals surface area (Å²) in [5.74, 6) is 0. The van der Waals surface area contributed by atoms with Crippen molar-refractivity contribution in [2.45, 2.75) is 5.41 Å². The number of anilines is 3. The van der Waals surface area contributed by atoms with Crippen LogP contribution < -0.4 is 4.90 Å². The maximum absolute atomic E-state index is 6.79. The highest BCUT2D eigenvalue weighted by molar-refractivity contribution is 6.12. The van der Waals surface area contributed by atoms with E-state index in [1.54, 1.807) is 0 Å². The molecule has 58 heavy (non-hydrogen) atoms. The number of benzene rings is 9. The van der Waals surface area contributed by atoms with Crippen LogP contribution in [0.3, 0.4) is 0 Å². The van der Waals surface area contributed by atoms with Crippen LogP contribution in [-0.2, 0) is 5.41 Å². The van der Waals surface area contributed by atoms with Gasteiger partial charge in [-0.1, -0.05) is 146 Å². The van der Waals surface area contributed by atoms with Crippen LogP contribution in [0.1, 0.15) is 22.3 Å². The summed E-state index contributed by atoms with van der Waals surface area (Å²) in [5.41, 5.74) is 15.5. The Bertz CT molecular complexity index is 3300. The summed E-state index contributed by atoms with van der Waals surface area (Å²) in [6, 6.07) is 79.1. The summed E-state index contributed by atoms with van der Waals surface area (Å²) < 4.78 is 9.15. The van der Waals surface area contributed by atoms with Crippen LogP contribution >= 0.6 is 0 Å². The summed E-state index contributed by atoms with van der Waals surface area (Å²) in [7, 11) is 0. The zero-order valence-electron chi connectivity index (χ0n) is 31.6. The summed E-state index contributed by atoms with van der Waals surface area (Å²) >= 11 is 0. The van der Waals surface area contributed by atoms with Crippen molar-refractivity contribution in [1.82, 2.24) is 4.57 Å². The molecule has 1 aliphatic rings. The van der Waals surface area contributed by atoms with Gasteiger partial charge >= 0.3 is 0 Å². The summed E-state index contributed by atoms with van der Waals surface area (Å²) in [5, 5.41) is 4.64. The zero-order valence-corrected chi connectivity index (χ0v) is 31.6. The predicted molar refractivity (Wildman–Crippen MR) is 240 cm³/mol. The number of hydrogen-bond donors (Lipinski definition) is 0. The van der Waals surface area contributed by atoms with Crippen molar-refractivity contribution in [2.24, 2.45) is 0 Å². The monoisotopic (exact) mass is 740 g/mol. The van der Waals surface area contributed by atoms with Crippen LogP contribution in [0, 0.1) is 0 Å². The topological polar surface area (TPSA) is 21.3 Å². The van der Waals surface area contributed by atoms with E-state index >= 15 is 0 Å². The summed E-state index contributed by atoms with van der Waals surface area (Å²) in [4.78, 5) is 2.38. The van der Waals surface area contributed by atoms with Gasteiger partial charge < -0.3 is 13.9 Å². The van der Waals surface area contributed by atoms with Crippen molar-refractivity contribution in [3.63, 3.8) is 0 Å². The first-order valence-corrected chi connectivity index (χ1v) is 19.9. The largest absolute Gasteiger partial charge is 0.456 e. The average molecular weight is 741 g/mol. The summed E-state index contributed by atoms with van der Waals surface area (Å²) in [6.07, 6.45) is 0. The molecule has 0 bridgehead atoms. The third-order valence-electron chi connectivity index (χ3n) is 12.2. The van der Waals surface area contributed by atoms with E-state index in [1.807, 2.05) is 0 Å². The van der Waals surface area contributed by atoms with Crippen molar-refractivity contribution in [3.8, 4) is 16.8 Å². The maximum atomic E-state index is 6.79. The van der Waals surface area contributed by atoms with Crippen molar-refractivity contribution < 1.29 is 4.42 Å². The number of nitrogens with zero attached hydrogens (tertiary/aromatic N) is 2. The van der Waals surface area contributed by atoms with E-state index in [4.69, 9.17) is 4.42 Å². The van der Waals surface area contributed by atoms with Crippen molar-refractivity contribution >= 4 is 60.8 Å². The van der Waals surface area contributed by atoms with E-state index in [-0.39, 0.29) is 0 Å². The lowest BCUT2D eigenvalue weighted by molar-refractivity contribution is 0.667. The molecule has 3 heteroatoms. The van der Waals surface area contributed by atoms with Gasteiger partial charge in [-0.2, -0.15) is 0 Å². The van der Waals surface area contributed by atoms with Gasteiger partial charge in [0.25, 0.3) is 0 Å². The first-order valence-electron chi connectivity index (χ1n) is 19.9. The molecule has 272 valence electrons. The van der Waals surface area contributed by atoms with Crippen LogP contribution in [0.4, 0.5) is 17.1 Å². The predicted octanol–water partition coefficient (Wildman–Crippen LogP) is 14.5. The lowest BCUT2D eigenvalue weighted by Crippen LogP contribution is -2.28. The minimum absolute atomic E-state index is 0.558. The molecule has 9 aromatic carbocycles. The van der Waals surface area contributed by atoms with Crippen LogP contribution in [-0.4, -0.2) is 4.57 Å². The SMILES string of the molecule is c1ccc(N(c2ccc3oc4cccc(C5(c6ccccc6)c6ccccc6-c6ccccc65)c4c3c2)c2ccc3c(c2)c2ccccc2n3-c2ccccc2)cc1. The Morgan fingerprint density at radius 2 is 0.948 bits per heavy atom. The number of aromatic nitrogens is 1. The Labute approximate surface area is 336 Å². The van der Waals surface area contributed by atoms with E-state index in [0.717, 1.165) is 44.7 Å². The van der Waals surface area contributed by atoms with Gasteiger partial charge in [-0.25, -0.2) is 0 Å². The quantitative estimate of drug-likeness (QED) is 0.169. The number of fused-ring (bicyclic) bond motifs is 9. The van der Waals surface area contributed by atoms with Gasteiger partial charge in [0.1, 0.15) is 11.2 Å². The molecule has 11 aromatic rings. The Balaban J connectivity index is 1.12. The molecule has 0 unspecified atom stereocenters. The molecule has 0 N–H and O–H groups in total. The number of para-hydroxylation sites is 3. The minimum Gasteiger partial charge on any atom is -0.456 e. The fraction of sp³-hybridized carbons (Fsp3) is 0.0182. The minimum atomic E-state index is -0.558. The summed E-state index contributed by atoms with van der Waals surface area (Å²) in [6.45, 7) is 0. The average Bonchev–Trinajstić information content (AvgIpc) is 3.94. The highest BCUT2D eigenvalue weighted by atomic mass is 16.3. The van der Waals surface area contributed by atoms with Crippen LogP contribution in [0.15, 0.2) is 223 Å². The van der Waals surface area contributed by atoms with Gasteiger partial charge in [-0.3, -0.25) is 0 Å². The van der Waals surface area contributed by atoms with Gasteiger partial charge in [0.15, 0.2) is 0 Å². The number of hydrogen-bond acceptors (Lipinski definition) is 2. The molecular formula is C55H36N2O. The molecular weight excluding hydrogens is 705 g/mol. The molecule has 1 aliphatic carbocycles. The van der Waals surface area contributed by atoms with Gasteiger partial charge in [-0.05, 0) is 106 Å². The standard InChI is InChI=1S/C55H36N2O/c1-4-17-37(18-5-1)55(47-26-13-10-23-42(47)43-24-11-14-27-48(43)55)49-28-16-30-53-54(49)46-36-41(32-34-52(46)58-53)56(38-19-6-2-7-20-38)40-31-33-51-45(35-40)44-25-12-15-29-50(44)57(51)39-21-8-3-9-22-39/h1-36H. The normalized spacial score (nSPS) is 13.0. The van der Waals surface area contributed by atoms with E-state index in [2.05, 4.69) is 228 Å². The van der Waals surface area contributed by atoms with E-state index in [9.17, 15) is 0 Å². The molecule has 0 amide bonds. The molecule has 3 nitrogen and oxygen atoms in total. The lowest BCUT2D eigenvalue weighted by atomic mass is 9.66. The highest BCUT2D eigenvalue weighted by Crippen LogP contribution is 2.58. The molecule has 0 atom stereocenters. The highest BCUT2D eigenvalue weighted by Gasteiger charge is 2.47. The van der Waals surface area contributed by atoms with E-state index in [1.165, 1.54) is 55.2 Å². The fourth-order valence-corrected chi connectivity index (χ4v) is 9.93. The molecule has 0 saturated carbocycles. The Hall–Kier alpha value is -7.62. The second kappa shape index (κ2) is 12.7. The third kappa shape index (κ3) is 4.62. The smallest absolute Gasteiger partial charge is 0.135 e.